The van der Waals surface area contributed by atoms with Gasteiger partial charge in [-0.05, 0) is 38.1 Å². The summed E-state index contributed by atoms with van der Waals surface area (Å²) >= 11 is 0. The van der Waals surface area contributed by atoms with Crippen LogP contribution in [-0.4, -0.2) is 35.7 Å². The van der Waals surface area contributed by atoms with E-state index in [0.717, 1.165) is 12.2 Å². The van der Waals surface area contributed by atoms with Gasteiger partial charge in [0.25, 0.3) is 0 Å². The Morgan fingerprint density at radius 3 is 1.46 bits per heavy atom. The minimum atomic E-state index is -1.03. The van der Waals surface area contributed by atoms with Crippen LogP contribution in [0.2, 0.25) is 0 Å². The van der Waals surface area contributed by atoms with E-state index in [0.29, 0.717) is 0 Å². The molecule has 6 nitrogen and oxygen atoms in total. The minimum Gasteiger partial charge on any atom is -0.451 e. The Kier molecular flexibility index (Phi) is 6.79. The van der Waals surface area contributed by atoms with Gasteiger partial charge < -0.3 is 9.47 Å². The highest BCUT2D eigenvalue weighted by Gasteiger charge is 2.24. The Balaban J connectivity index is 2.99. The molecule has 24 heavy (non-hydrogen) atoms. The summed E-state index contributed by atoms with van der Waals surface area (Å²) in [4.78, 5) is 47.2. The van der Waals surface area contributed by atoms with Crippen LogP contribution in [-0.2, 0) is 19.1 Å². The molecule has 2 atom stereocenters. The van der Waals surface area contributed by atoms with Crippen LogP contribution < -0.4 is 0 Å². The van der Waals surface area contributed by atoms with Crippen molar-refractivity contribution in [2.24, 2.45) is 0 Å². The third-order valence-corrected chi connectivity index (χ3v) is 3.14. The molecule has 0 amide bonds. The first-order chi connectivity index (χ1) is 11.3. The number of ketones is 2. The third-order valence-electron chi connectivity index (χ3n) is 3.14. The maximum Gasteiger partial charge on any atom is 0.339 e. The van der Waals surface area contributed by atoms with Gasteiger partial charge in [-0.15, -0.1) is 0 Å². The number of benzene rings is 1. The van der Waals surface area contributed by atoms with Gasteiger partial charge in [0.15, 0.2) is 23.8 Å². The number of hydrogen-bond donors (Lipinski definition) is 0. The van der Waals surface area contributed by atoms with Crippen LogP contribution >= 0.6 is 0 Å². The fourth-order valence-corrected chi connectivity index (χ4v) is 1.74. The molecular formula is C18H18O6. The van der Waals surface area contributed by atoms with Gasteiger partial charge in [-0.25, -0.2) is 9.59 Å². The van der Waals surface area contributed by atoms with E-state index in [9.17, 15) is 19.2 Å². The molecule has 0 heterocycles. The maximum absolute atomic E-state index is 12.2. The van der Waals surface area contributed by atoms with Gasteiger partial charge in [0, 0.05) is 0 Å². The number of rotatable bonds is 8. The fraction of sp³-hybridized carbons (Fsp3) is 0.222. The lowest BCUT2D eigenvalue weighted by atomic mass is 10.1. The van der Waals surface area contributed by atoms with E-state index < -0.39 is 35.7 Å². The summed E-state index contributed by atoms with van der Waals surface area (Å²) in [6.07, 6.45) is 0.0298. The molecule has 0 aromatic heterocycles. The summed E-state index contributed by atoms with van der Waals surface area (Å²) in [6, 6.07) is 5.80. The van der Waals surface area contributed by atoms with Gasteiger partial charge in [-0.2, -0.15) is 0 Å². The molecule has 1 aromatic carbocycles. The molecule has 2 unspecified atom stereocenters. The average Bonchev–Trinajstić information content (AvgIpc) is 2.59. The van der Waals surface area contributed by atoms with Crippen molar-refractivity contribution in [3.63, 3.8) is 0 Å². The topological polar surface area (TPSA) is 86.7 Å². The maximum atomic E-state index is 12.2. The van der Waals surface area contributed by atoms with E-state index in [2.05, 4.69) is 13.2 Å². The van der Waals surface area contributed by atoms with Gasteiger partial charge >= 0.3 is 11.9 Å². The molecule has 1 rings (SSSR count). The van der Waals surface area contributed by atoms with Crippen LogP contribution in [0.1, 0.15) is 34.6 Å². The number of hydrogen-bond acceptors (Lipinski definition) is 6. The lowest BCUT2D eigenvalue weighted by molar-refractivity contribution is -0.122. The second-order valence-corrected chi connectivity index (χ2v) is 4.85. The highest BCUT2D eigenvalue weighted by molar-refractivity contribution is 6.05. The molecule has 0 aliphatic rings. The molecule has 1 aromatic rings. The first kappa shape index (κ1) is 19.0. The largest absolute Gasteiger partial charge is 0.451 e. The van der Waals surface area contributed by atoms with Crippen molar-refractivity contribution in [3.05, 3.63) is 60.7 Å². The van der Waals surface area contributed by atoms with E-state index in [4.69, 9.17) is 9.47 Å². The minimum absolute atomic E-state index is 0.0653. The normalized spacial score (nSPS) is 12.4. The smallest absolute Gasteiger partial charge is 0.339 e. The van der Waals surface area contributed by atoms with Crippen LogP contribution in [0.3, 0.4) is 0 Å². The Morgan fingerprint density at radius 1 is 0.833 bits per heavy atom. The molecule has 0 N–H and O–H groups in total. The van der Waals surface area contributed by atoms with Crippen LogP contribution in [0.15, 0.2) is 49.6 Å². The lowest BCUT2D eigenvalue weighted by Crippen LogP contribution is -2.26. The van der Waals surface area contributed by atoms with Crippen molar-refractivity contribution < 1.29 is 28.7 Å². The molecular weight excluding hydrogens is 312 g/mol. The Hall–Kier alpha value is -3.02. The zero-order valence-electron chi connectivity index (χ0n) is 13.5. The van der Waals surface area contributed by atoms with Gasteiger partial charge in [0.2, 0.25) is 0 Å². The van der Waals surface area contributed by atoms with Crippen LogP contribution in [0, 0.1) is 0 Å². The molecule has 126 valence electrons. The first-order valence-electron chi connectivity index (χ1n) is 7.15. The number of esters is 2. The first-order valence-corrected chi connectivity index (χ1v) is 7.15. The molecule has 0 bridgehead atoms. The quantitative estimate of drug-likeness (QED) is 0.537. The molecule has 0 spiro atoms. The van der Waals surface area contributed by atoms with Crippen LogP contribution in [0.25, 0.3) is 0 Å². The molecule has 6 heteroatoms. The van der Waals surface area contributed by atoms with Gasteiger partial charge in [-0.1, -0.05) is 25.3 Å². The highest BCUT2D eigenvalue weighted by atomic mass is 16.6. The van der Waals surface area contributed by atoms with E-state index in [1.54, 1.807) is 0 Å². The zero-order chi connectivity index (χ0) is 18.3. The van der Waals surface area contributed by atoms with E-state index >= 15 is 0 Å². The summed E-state index contributed by atoms with van der Waals surface area (Å²) < 4.78 is 10.0. The van der Waals surface area contributed by atoms with Crippen molar-refractivity contribution in [2.45, 2.75) is 26.1 Å². The predicted octanol–water partition coefficient (Wildman–Crippen LogP) is 2.29. The van der Waals surface area contributed by atoms with Gasteiger partial charge in [0.1, 0.15) is 0 Å². The lowest BCUT2D eigenvalue weighted by Gasteiger charge is -2.14. The summed E-state index contributed by atoms with van der Waals surface area (Å²) in [5.41, 5.74) is -0.131. The molecule has 0 aliphatic carbocycles. The second kappa shape index (κ2) is 8.57. The standard InChI is InChI=1S/C18H18O6/c1-5-15(19)11(3)23-17(21)13-9-7-8-10-14(13)18(22)24-12(4)16(20)6-2/h5-12H,1-2H2,3-4H3. The van der Waals surface area contributed by atoms with Crippen LogP contribution in [0.5, 0.6) is 0 Å². The highest BCUT2D eigenvalue weighted by Crippen LogP contribution is 2.14. The van der Waals surface area contributed by atoms with Crippen molar-refractivity contribution in [3.8, 4) is 0 Å². The Labute approximate surface area is 139 Å². The SMILES string of the molecule is C=CC(=O)C(C)OC(=O)c1ccccc1C(=O)OC(C)C(=O)C=C. The summed E-state index contributed by atoms with van der Waals surface area (Å²) in [6.45, 7) is 9.41. The van der Waals surface area contributed by atoms with Crippen molar-refractivity contribution in [1.82, 2.24) is 0 Å². The fourth-order valence-electron chi connectivity index (χ4n) is 1.74. The second-order valence-electron chi connectivity index (χ2n) is 4.85. The molecule has 0 fully saturated rings. The summed E-state index contributed by atoms with van der Waals surface area (Å²) in [5.74, 6) is -2.64. The number of carbonyl (C=O) groups is 4. The number of ether oxygens (including phenoxy) is 2. The molecule has 0 saturated carbocycles. The van der Waals surface area contributed by atoms with Crippen molar-refractivity contribution in [2.75, 3.05) is 0 Å². The van der Waals surface area contributed by atoms with Crippen molar-refractivity contribution in [1.29, 1.82) is 0 Å². The summed E-state index contributed by atoms with van der Waals surface area (Å²) in [5, 5.41) is 0. The van der Waals surface area contributed by atoms with Crippen molar-refractivity contribution >= 4 is 23.5 Å². The molecule has 0 aliphatic heterocycles. The average molecular weight is 330 g/mol. The van der Waals surface area contributed by atoms with Gasteiger partial charge in [-0.3, -0.25) is 9.59 Å². The Bertz CT molecular complexity index is 630. The van der Waals surface area contributed by atoms with Crippen LogP contribution in [0.4, 0.5) is 0 Å². The van der Waals surface area contributed by atoms with Gasteiger partial charge in [0.05, 0.1) is 11.1 Å². The summed E-state index contributed by atoms with van der Waals surface area (Å²) in [7, 11) is 0. The zero-order valence-corrected chi connectivity index (χ0v) is 13.5. The Morgan fingerprint density at radius 2 is 1.17 bits per heavy atom. The predicted molar refractivity (Wildman–Crippen MR) is 86.6 cm³/mol. The number of carbonyl (C=O) groups excluding carboxylic acids is 4. The van der Waals surface area contributed by atoms with E-state index in [1.807, 2.05) is 0 Å². The van der Waals surface area contributed by atoms with E-state index in [-0.39, 0.29) is 11.1 Å². The molecule has 0 saturated heterocycles. The monoisotopic (exact) mass is 330 g/mol. The van der Waals surface area contributed by atoms with E-state index in [1.165, 1.54) is 38.1 Å². The molecule has 0 radical (unpaired) electrons. The third kappa shape index (κ3) is 4.74.